The Hall–Kier alpha value is -0.570. The lowest BCUT2D eigenvalue weighted by Gasteiger charge is -2.36. The summed E-state index contributed by atoms with van der Waals surface area (Å²) in [6, 6.07) is 0. The number of carbonyl (C=O) groups is 1. The molecule has 70 valence electrons. The van der Waals surface area contributed by atoms with Crippen molar-refractivity contribution in [2.24, 2.45) is 5.92 Å². The molecule has 1 aliphatic heterocycles. The third kappa shape index (κ3) is 2.48. The normalized spacial score (nSPS) is 19.1. The van der Waals surface area contributed by atoms with Crippen molar-refractivity contribution in [1.29, 1.82) is 0 Å². The van der Waals surface area contributed by atoms with Crippen LogP contribution in [0.25, 0.3) is 0 Å². The third-order valence-electron chi connectivity index (χ3n) is 2.38. The van der Waals surface area contributed by atoms with Gasteiger partial charge in [-0.05, 0) is 13.0 Å². The summed E-state index contributed by atoms with van der Waals surface area (Å²) in [5.41, 5.74) is 0. The summed E-state index contributed by atoms with van der Waals surface area (Å²) in [6.45, 7) is 4.78. The topological polar surface area (TPSA) is 40.5 Å². The Bertz CT molecular complexity index is 153. The minimum absolute atomic E-state index is 0.0911. The molecule has 0 aromatic rings. The van der Waals surface area contributed by atoms with E-state index in [9.17, 15) is 4.79 Å². The van der Waals surface area contributed by atoms with E-state index >= 15 is 0 Å². The molecule has 1 aliphatic rings. The van der Waals surface area contributed by atoms with E-state index in [0.717, 1.165) is 19.6 Å². The van der Waals surface area contributed by atoms with Crippen LogP contribution in [0.1, 0.15) is 26.2 Å². The van der Waals surface area contributed by atoms with Crippen LogP contribution < -0.4 is 0 Å². The molecule has 0 aromatic carbocycles. The van der Waals surface area contributed by atoms with Crippen LogP contribution in [-0.4, -0.2) is 35.6 Å². The zero-order valence-corrected chi connectivity index (χ0v) is 7.62. The van der Waals surface area contributed by atoms with Crippen molar-refractivity contribution in [3.63, 3.8) is 0 Å². The van der Waals surface area contributed by atoms with Gasteiger partial charge in [0.1, 0.15) is 0 Å². The highest BCUT2D eigenvalue weighted by Crippen LogP contribution is 2.15. The highest BCUT2D eigenvalue weighted by atomic mass is 16.4. The highest BCUT2D eigenvalue weighted by Gasteiger charge is 2.31. The van der Waals surface area contributed by atoms with E-state index in [-0.39, 0.29) is 5.92 Å². The van der Waals surface area contributed by atoms with Crippen molar-refractivity contribution in [1.82, 2.24) is 4.90 Å². The molecule has 0 radical (unpaired) electrons. The lowest BCUT2D eigenvalue weighted by atomic mass is 10.0. The quantitative estimate of drug-likeness (QED) is 0.632. The molecule has 1 rings (SSSR count). The van der Waals surface area contributed by atoms with E-state index in [1.807, 2.05) is 0 Å². The molecule has 1 saturated heterocycles. The first-order valence-electron chi connectivity index (χ1n) is 4.69. The van der Waals surface area contributed by atoms with E-state index in [4.69, 9.17) is 5.11 Å². The van der Waals surface area contributed by atoms with E-state index in [1.54, 1.807) is 0 Å². The van der Waals surface area contributed by atoms with E-state index in [2.05, 4.69) is 11.8 Å². The summed E-state index contributed by atoms with van der Waals surface area (Å²) < 4.78 is 0. The highest BCUT2D eigenvalue weighted by molar-refractivity contribution is 5.71. The summed E-state index contributed by atoms with van der Waals surface area (Å²) in [4.78, 5) is 12.6. The molecular weight excluding hydrogens is 154 g/mol. The number of carboxylic acids is 1. The van der Waals surface area contributed by atoms with Gasteiger partial charge in [0.2, 0.25) is 0 Å². The minimum atomic E-state index is -0.637. The maximum absolute atomic E-state index is 10.4. The molecule has 12 heavy (non-hydrogen) atoms. The first-order valence-corrected chi connectivity index (χ1v) is 4.69. The van der Waals surface area contributed by atoms with Gasteiger partial charge in [-0.15, -0.1) is 0 Å². The van der Waals surface area contributed by atoms with E-state index in [1.165, 1.54) is 19.3 Å². The van der Waals surface area contributed by atoms with Crippen LogP contribution in [-0.2, 0) is 4.79 Å². The van der Waals surface area contributed by atoms with Crippen LogP contribution in [0.3, 0.4) is 0 Å². The van der Waals surface area contributed by atoms with Crippen LogP contribution in [0.2, 0.25) is 0 Å². The molecule has 0 amide bonds. The van der Waals surface area contributed by atoms with Crippen LogP contribution >= 0.6 is 0 Å². The van der Waals surface area contributed by atoms with Gasteiger partial charge in [0.25, 0.3) is 0 Å². The standard InChI is InChI=1S/C9H17NO2/c1-2-3-4-5-10-6-8(7-10)9(11)12/h8H,2-7H2,1H3,(H,11,12). The van der Waals surface area contributed by atoms with Crippen molar-refractivity contribution in [2.75, 3.05) is 19.6 Å². The average molecular weight is 171 g/mol. The van der Waals surface area contributed by atoms with Crippen molar-refractivity contribution in [3.8, 4) is 0 Å². The fourth-order valence-electron chi connectivity index (χ4n) is 1.49. The Morgan fingerprint density at radius 1 is 1.50 bits per heavy atom. The molecule has 3 heteroatoms. The monoisotopic (exact) mass is 171 g/mol. The second-order valence-corrected chi connectivity index (χ2v) is 3.50. The van der Waals surface area contributed by atoms with Gasteiger partial charge in [0.15, 0.2) is 0 Å². The number of hydrogen-bond donors (Lipinski definition) is 1. The van der Waals surface area contributed by atoms with Crippen molar-refractivity contribution >= 4 is 5.97 Å². The zero-order chi connectivity index (χ0) is 8.97. The predicted octanol–water partition coefficient (Wildman–Crippen LogP) is 1.19. The van der Waals surface area contributed by atoms with Crippen LogP contribution in [0.15, 0.2) is 0 Å². The molecule has 0 atom stereocenters. The number of rotatable bonds is 5. The summed E-state index contributed by atoms with van der Waals surface area (Å²) in [5, 5.41) is 8.60. The van der Waals surface area contributed by atoms with Crippen LogP contribution in [0, 0.1) is 5.92 Å². The number of likely N-dealkylation sites (tertiary alicyclic amines) is 1. The van der Waals surface area contributed by atoms with Gasteiger partial charge in [-0.3, -0.25) is 4.79 Å². The minimum Gasteiger partial charge on any atom is -0.481 e. The molecule has 1 heterocycles. The summed E-state index contributed by atoms with van der Waals surface area (Å²) in [6.07, 6.45) is 3.70. The fraction of sp³-hybridized carbons (Fsp3) is 0.889. The summed E-state index contributed by atoms with van der Waals surface area (Å²) in [5.74, 6) is -0.728. The SMILES string of the molecule is CCCCCN1CC(C(=O)O)C1. The average Bonchev–Trinajstić information content (AvgIpc) is 1.93. The Morgan fingerprint density at radius 3 is 2.67 bits per heavy atom. The van der Waals surface area contributed by atoms with Crippen molar-refractivity contribution in [2.45, 2.75) is 26.2 Å². The van der Waals surface area contributed by atoms with E-state index < -0.39 is 5.97 Å². The van der Waals surface area contributed by atoms with Gasteiger partial charge in [-0.2, -0.15) is 0 Å². The first-order chi connectivity index (χ1) is 5.74. The van der Waals surface area contributed by atoms with Crippen LogP contribution in [0.4, 0.5) is 0 Å². The summed E-state index contributed by atoms with van der Waals surface area (Å²) in [7, 11) is 0. The Kier molecular flexibility index (Phi) is 3.53. The number of nitrogens with zero attached hydrogens (tertiary/aromatic N) is 1. The number of unbranched alkanes of at least 4 members (excludes halogenated alkanes) is 2. The second kappa shape index (κ2) is 4.45. The zero-order valence-electron chi connectivity index (χ0n) is 7.62. The third-order valence-corrected chi connectivity index (χ3v) is 2.38. The molecule has 0 unspecified atom stereocenters. The largest absolute Gasteiger partial charge is 0.481 e. The molecule has 1 fully saturated rings. The van der Waals surface area contributed by atoms with Gasteiger partial charge in [-0.25, -0.2) is 0 Å². The summed E-state index contributed by atoms with van der Waals surface area (Å²) >= 11 is 0. The molecule has 0 aliphatic carbocycles. The molecule has 0 aromatic heterocycles. The molecule has 0 spiro atoms. The Balaban J connectivity index is 1.98. The molecule has 0 saturated carbocycles. The number of aliphatic carboxylic acids is 1. The smallest absolute Gasteiger partial charge is 0.309 e. The van der Waals surface area contributed by atoms with Gasteiger partial charge in [0.05, 0.1) is 5.92 Å². The molecular formula is C9H17NO2. The van der Waals surface area contributed by atoms with Crippen molar-refractivity contribution in [3.05, 3.63) is 0 Å². The van der Waals surface area contributed by atoms with Gasteiger partial charge in [-0.1, -0.05) is 19.8 Å². The maximum Gasteiger partial charge on any atom is 0.309 e. The van der Waals surface area contributed by atoms with E-state index in [0.29, 0.717) is 0 Å². The Labute approximate surface area is 73.4 Å². The first kappa shape index (κ1) is 9.52. The molecule has 0 bridgehead atoms. The Morgan fingerprint density at radius 2 is 2.17 bits per heavy atom. The maximum atomic E-state index is 10.4. The van der Waals surface area contributed by atoms with Gasteiger partial charge < -0.3 is 10.0 Å². The second-order valence-electron chi connectivity index (χ2n) is 3.50. The van der Waals surface area contributed by atoms with Gasteiger partial charge in [0, 0.05) is 13.1 Å². The van der Waals surface area contributed by atoms with Gasteiger partial charge >= 0.3 is 5.97 Å². The fourth-order valence-corrected chi connectivity index (χ4v) is 1.49. The molecule has 1 N–H and O–H groups in total. The predicted molar refractivity (Wildman–Crippen MR) is 47.1 cm³/mol. The van der Waals surface area contributed by atoms with Crippen molar-refractivity contribution < 1.29 is 9.90 Å². The lowest BCUT2D eigenvalue weighted by Crippen LogP contribution is -2.50. The van der Waals surface area contributed by atoms with Crippen LogP contribution in [0.5, 0.6) is 0 Å². The lowest BCUT2D eigenvalue weighted by molar-refractivity contribution is -0.147. The number of carboxylic acid groups (broad SMARTS) is 1. The number of hydrogen-bond acceptors (Lipinski definition) is 2. The molecule has 3 nitrogen and oxygen atoms in total.